The van der Waals surface area contributed by atoms with Crippen LogP contribution in [-0.2, 0) is 18.5 Å². The van der Waals surface area contributed by atoms with Crippen LogP contribution in [0, 0.1) is 0 Å². The van der Waals surface area contributed by atoms with Crippen molar-refractivity contribution in [2.24, 2.45) is 0 Å². The van der Waals surface area contributed by atoms with Crippen molar-refractivity contribution in [3.8, 4) is 0 Å². The standard InChI is InChI=1S/C10H16NO4P/c1-7-8(2)15-16(12,14-7)11-9-3-5-10(13-11)6-4-9/h3,5,7-10H,4,6H2,1-2H3/t7-,8-,9?,10?/m1/s1. The third-order valence-corrected chi connectivity index (χ3v) is 5.40. The number of hydrogen-bond acceptors (Lipinski definition) is 4. The first-order valence-corrected chi connectivity index (χ1v) is 7.20. The summed E-state index contributed by atoms with van der Waals surface area (Å²) in [4.78, 5) is 7.05. The molecule has 4 rings (SSSR count). The normalized spacial score (nSPS) is 46.4. The molecule has 2 fully saturated rings. The SMILES string of the molecule is C[C@H]1OP(=O)(N2OC3C=CC2CC3)O[C@@H]1C. The van der Waals surface area contributed by atoms with Crippen LogP contribution in [0.15, 0.2) is 12.2 Å². The zero-order valence-corrected chi connectivity index (χ0v) is 10.3. The smallest absolute Gasteiger partial charge is 0.289 e. The van der Waals surface area contributed by atoms with Crippen LogP contribution < -0.4 is 0 Å². The minimum atomic E-state index is -3.24. The van der Waals surface area contributed by atoms with Crippen LogP contribution in [0.2, 0.25) is 0 Å². The van der Waals surface area contributed by atoms with Crippen LogP contribution in [0.3, 0.4) is 0 Å². The number of nitrogens with zero attached hydrogens (tertiary/aromatic N) is 1. The van der Waals surface area contributed by atoms with Gasteiger partial charge in [-0.25, -0.2) is 4.57 Å². The zero-order valence-electron chi connectivity index (χ0n) is 9.41. The summed E-state index contributed by atoms with van der Waals surface area (Å²) in [5.41, 5.74) is 0. The Kier molecular flexibility index (Phi) is 2.50. The van der Waals surface area contributed by atoms with E-state index in [1.807, 2.05) is 26.0 Å². The number of rotatable bonds is 1. The van der Waals surface area contributed by atoms with Crippen molar-refractivity contribution in [3.05, 3.63) is 12.2 Å². The average Bonchev–Trinajstić information content (AvgIpc) is 2.56. The predicted octanol–water partition coefficient (Wildman–Crippen LogP) is 2.25. The summed E-state index contributed by atoms with van der Waals surface area (Å²) in [6, 6.07) is 0.0216. The fraction of sp³-hybridized carbons (Fsp3) is 0.800. The Morgan fingerprint density at radius 1 is 1.19 bits per heavy atom. The van der Waals surface area contributed by atoms with Crippen LogP contribution in [0.1, 0.15) is 26.7 Å². The van der Waals surface area contributed by atoms with Crippen LogP contribution in [0.25, 0.3) is 0 Å². The Morgan fingerprint density at radius 2 is 1.88 bits per heavy atom. The summed E-state index contributed by atoms with van der Waals surface area (Å²) in [6.45, 7) is 3.73. The Labute approximate surface area is 94.9 Å². The van der Waals surface area contributed by atoms with Gasteiger partial charge in [0.25, 0.3) is 0 Å². The molecule has 0 spiro atoms. The lowest BCUT2D eigenvalue weighted by Gasteiger charge is -2.41. The van der Waals surface area contributed by atoms with E-state index in [1.165, 1.54) is 4.83 Å². The molecule has 5 nitrogen and oxygen atoms in total. The van der Waals surface area contributed by atoms with Gasteiger partial charge in [-0.2, -0.15) is 0 Å². The molecule has 90 valence electrons. The fourth-order valence-corrected chi connectivity index (χ4v) is 4.43. The summed E-state index contributed by atoms with van der Waals surface area (Å²) >= 11 is 0. The Bertz CT molecular complexity index is 358. The summed E-state index contributed by atoms with van der Waals surface area (Å²) in [5, 5.41) is 0. The topological polar surface area (TPSA) is 48.0 Å². The van der Waals surface area contributed by atoms with E-state index < -0.39 is 7.75 Å². The van der Waals surface area contributed by atoms with Crippen LogP contribution in [0.5, 0.6) is 0 Å². The number of hydroxylamine groups is 1. The van der Waals surface area contributed by atoms with Gasteiger partial charge in [-0.05, 0) is 26.7 Å². The fourth-order valence-electron chi connectivity index (χ4n) is 2.22. The maximum absolute atomic E-state index is 12.5. The molecule has 0 amide bonds. The van der Waals surface area contributed by atoms with E-state index in [2.05, 4.69) is 0 Å². The zero-order chi connectivity index (χ0) is 11.3. The van der Waals surface area contributed by atoms with Gasteiger partial charge in [0.2, 0.25) is 0 Å². The minimum absolute atomic E-state index is 0.0216. The van der Waals surface area contributed by atoms with E-state index in [1.54, 1.807) is 0 Å². The third-order valence-electron chi connectivity index (χ3n) is 3.32. The van der Waals surface area contributed by atoms with Gasteiger partial charge in [0.05, 0.1) is 24.4 Å². The molecule has 0 radical (unpaired) electrons. The molecular formula is C10H16NO4P. The first kappa shape index (κ1) is 10.9. The summed E-state index contributed by atoms with van der Waals surface area (Å²) in [6.07, 6.45) is 5.67. The minimum Gasteiger partial charge on any atom is -0.289 e. The summed E-state index contributed by atoms with van der Waals surface area (Å²) < 4.78 is 23.4. The molecule has 0 aromatic heterocycles. The van der Waals surface area contributed by atoms with Gasteiger partial charge in [0, 0.05) is 0 Å². The second-order valence-corrected chi connectivity index (χ2v) is 6.32. The molecular weight excluding hydrogens is 229 g/mol. The molecule has 3 heterocycles. The molecule has 3 aliphatic heterocycles. The number of hydrogen-bond donors (Lipinski definition) is 0. The Hall–Kier alpha value is -0.190. The molecule has 1 aliphatic carbocycles. The van der Waals surface area contributed by atoms with Crippen LogP contribution in [-0.4, -0.2) is 29.2 Å². The molecule has 2 bridgehead atoms. The average molecular weight is 245 g/mol. The Balaban J connectivity index is 1.84. The second kappa shape index (κ2) is 3.65. The van der Waals surface area contributed by atoms with Crippen molar-refractivity contribution in [2.75, 3.05) is 0 Å². The lowest BCUT2D eigenvalue weighted by molar-refractivity contribution is -0.184. The summed E-state index contributed by atoms with van der Waals surface area (Å²) in [7, 11) is -3.24. The van der Waals surface area contributed by atoms with E-state index in [0.717, 1.165) is 12.8 Å². The molecule has 0 aromatic carbocycles. The second-order valence-electron chi connectivity index (χ2n) is 4.57. The molecule has 0 saturated carbocycles. The van der Waals surface area contributed by atoms with Crippen molar-refractivity contribution in [3.63, 3.8) is 0 Å². The van der Waals surface area contributed by atoms with Gasteiger partial charge in [0.15, 0.2) is 0 Å². The number of fused-ring (bicyclic) bond motifs is 2. The van der Waals surface area contributed by atoms with Crippen LogP contribution >= 0.6 is 7.75 Å². The van der Waals surface area contributed by atoms with E-state index in [-0.39, 0.29) is 24.4 Å². The highest BCUT2D eigenvalue weighted by Gasteiger charge is 2.51. The van der Waals surface area contributed by atoms with Gasteiger partial charge < -0.3 is 0 Å². The maximum atomic E-state index is 12.5. The van der Waals surface area contributed by atoms with E-state index >= 15 is 0 Å². The first-order chi connectivity index (χ1) is 7.58. The van der Waals surface area contributed by atoms with Crippen molar-refractivity contribution in [1.82, 2.24) is 4.83 Å². The highest BCUT2D eigenvalue weighted by atomic mass is 31.2. The van der Waals surface area contributed by atoms with E-state index in [9.17, 15) is 4.57 Å². The highest BCUT2D eigenvalue weighted by Crippen LogP contribution is 2.62. The van der Waals surface area contributed by atoms with Crippen molar-refractivity contribution < 1.29 is 18.5 Å². The quantitative estimate of drug-likeness (QED) is 0.523. The maximum Gasteiger partial charge on any atom is 0.432 e. The van der Waals surface area contributed by atoms with E-state index in [0.29, 0.717) is 0 Å². The van der Waals surface area contributed by atoms with Gasteiger partial charge in [0.1, 0.15) is 0 Å². The largest absolute Gasteiger partial charge is 0.432 e. The van der Waals surface area contributed by atoms with E-state index in [4.69, 9.17) is 13.9 Å². The van der Waals surface area contributed by atoms with Crippen LogP contribution in [0.4, 0.5) is 0 Å². The third kappa shape index (κ3) is 1.59. The van der Waals surface area contributed by atoms with Crippen molar-refractivity contribution in [1.29, 1.82) is 0 Å². The Morgan fingerprint density at radius 3 is 2.31 bits per heavy atom. The molecule has 2 saturated heterocycles. The lowest BCUT2D eigenvalue weighted by atomic mass is 10.00. The molecule has 4 atom stereocenters. The molecule has 0 N–H and O–H groups in total. The van der Waals surface area contributed by atoms with Gasteiger partial charge in [-0.3, -0.25) is 13.9 Å². The highest BCUT2D eigenvalue weighted by molar-refractivity contribution is 7.51. The predicted molar refractivity (Wildman–Crippen MR) is 57.6 cm³/mol. The molecule has 0 aromatic rings. The molecule has 6 heteroatoms. The van der Waals surface area contributed by atoms with Gasteiger partial charge >= 0.3 is 7.75 Å². The lowest BCUT2D eigenvalue weighted by Crippen LogP contribution is -2.43. The van der Waals surface area contributed by atoms with Gasteiger partial charge in [-0.1, -0.05) is 17.0 Å². The molecule has 4 aliphatic rings. The summed E-state index contributed by atoms with van der Waals surface area (Å²) in [5.74, 6) is 0. The monoisotopic (exact) mass is 245 g/mol. The van der Waals surface area contributed by atoms with Crippen molar-refractivity contribution >= 4 is 7.75 Å². The first-order valence-electron chi connectivity index (χ1n) is 5.70. The molecule has 2 unspecified atom stereocenters. The van der Waals surface area contributed by atoms with Gasteiger partial charge in [-0.15, -0.1) is 0 Å². The van der Waals surface area contributed by atoms with Crippen molar-refractivity contribution in [2.45, 2.75) is 51.0 Å². The molecule has 16 heavy (non-hydrogen) atoms.